The van der Waals surface area contributed by atoms with Crippen LogP contribution in [0.15, 0.2) is 79.3 Å². The van der Waals surface area contributed by atoms with E-state index in [0.717, 1.165) is 22.2 Å². The molecule has 4 rings (SSSR count). The third-order valence-electron chi connectivity index (χ3n) is 3.90. The predicted octanol–water partition coefficient (Wildman–Crippen LogP) is 3.60. The van der Waals surface area contributed by atoms with E-state index in [1.54, 1.807) is 17.1 Å². The molecule has 0 aliphatic rings. The van der Waals surface area contributed by atoms with E-state index < -0.39 is 0 Å². The number of aromatic nitrogens is 3. The smallest absolute Gasteiger partial charge is 0.228 e. The molecular weight excluding hydrogens is 312 g/mol. The van der Waals surface area contributed by atoms with Gasteiger partial charge in [-0.3, -0.25) is 9.78 Å². The maximum absolute atomic E-state index is 12.3. The number of pyridine rings is 1. The summed E-state index contributed by atoms with van der Waals surface area (Å²) in [5, 5.41) is 8.20. The van der Waals surface area contributed by atoms with E-state index in [4.69, 9.17) is 0 Å². The van der Waals surface area contributed by atoms with Gasteiger partial charge in [0.2, 0.25) is 5.91 Å². The molecule has 2 heterocycles. The summed E-state index contributed by atoms with van der Waals surface area (Å²) in [5.41, 5.74) is 3.42. The second-order valence-electron chi connectivity index (χ2n) is 5.77. The number of anilines is 1. The Morgan fingerprint density at radius 3 is 2.68 bits per heavy atom. The van der Waals surface area contributed by atoms with Crippen LogP contribution in [0.5, 0.6) is 0 Å². The Kier molecular flexibility index (Phi) is 3.96. The van der Waals surface area contributed by atoms with Crippen LogP contribution in [-0.4, -0.2) is 20.7 Å². The summed E-state index contributed by atoms with van der Waals surface area (Å²) in [7, 11) is 0. The first kappa shape index (κ1) is 15.1. The zero-order valence-electron chi connectivity index (χ0n) is 13.5. The number of hydrogen-bond donors (Lipinski definition) is 1. The van der Waals surface area contributed by atoms with Crippen molar-refractivity contribution in [2.75, 3.05) is 5.32 Å². The lowest BCUT2D eigenvalue weighted by Gasteiger charge is -2.05. The summed E-state index contributed by atoms with van der Waals surface area (Å²) in [6, 6.07) is 19.5. The standard InChI is InChI=1S/C20H16N4O/c25-20(23-17-11-16-6-4-5-9-19(16)21-13-17)10-15-12-22-24(14-15)18-7-2-1-3-8-18/h1-9,11-14H,10H2,(H,23,25). The molecule has 0 aliphatic carbocycles. The van der Waals surface area contributed by atoms with Crippen LogP contribution in [0.2, 0.25) is 0 Å². The van der Waals surface area contributed by atoms with E-state index in [1.807, 2.05) is 66.9 Å². The molecule has 0 radical (unpaired) electrons. The van der Waals surface area contributed by atoms with Gasteiger partial charge in [0, 0.05) is 11.6 Å². The summed E-state index contributed by atoms with van der Waals surface area (Å²) in [6.07, 6.45) is 5.52. The largest absolute Gasteiger partial charge is 0.324 e. The fourth-order valence-corrected chi connectivity index (χ4v) is 2.70. The minimum Gasteiger partial charge on any atom is -0.324 e. The number of para-hydroxylation sites is 2. The number of hydrogen-bond acceptors (Lipinski definition) is 3. The van der Waals surface area contributed by atoms with Crippen molar-refractivity contribution in [3.8, 4) is 5.69 Å². The molecule has 2 aromatic heterocycles. The van der Waals surface area contributed by atoms with Crippen LogP contribution in [0.3, 0.4) is 0 Å². The van der Waals surface area contributed by atoms with Gasteiger partial charge >= 0.3 is 0 Å². The zero-order chi connectivity index (χ0) is 17.1. The third kappa shape index (κ3) is 3.40. The van der Waals surface area contributed by atoms with Crippen molar-refractivity contribution >= 4 is 22.5 Å². The fraction of sp³-hybridized carbons (Fsp3) is 0.0500. The quantitative estimate of drug-likeness (QED) is 0.622. The van der Waals surface area contributed by atoms with Crippen molar-refractivity contribution in [2.24, 2.45) is 0 Å². The van der Waals surface area contributed by atoms with E-state index in [0.29, 0.717) is 5.69 Å². The molecule has 1 N–H and O–H groups in total. The van der Waals surface area contributed by atoms with Gasteiger partial charge in [-0.15, -0.1) is 0 Å². The summed E-state index contributed by atoms with van der Waals surface area (Å²) >= 11 is 0. The first-order valence-corrected chi connectivity index (χ1v) is 8.01. The topological polar surface area (TPSA) is 59.8 Å². The summed E-state index contributed by atoms with van der Waals surface area (Å²) in [4.78, 5) is 16.6. The predicted molar refractivity (Wildman–Crippen MR) is 97.6 cm³/mol. The average molecular weight is 328 g/mol. The second kappa shape index (κ2) is 6.57. The molecule has 1 amide bonds. The lowest BCUT2D eigenvalue weighted by molar-refractivity contribution is -0.115. The molecule has 0 spiro atoms. The molecule has 0 atom stereocenters. The van der Waals surface area contributed by atoms with Crippen molar-refractivity contribution < 1.29 is 4.79 Å². The first-order valence-electron chi connectivity index (χ1n) is 8.01. The Morgan fingerprint density at radius 2 is 1.80 bits per heavy atom. The maximum atomic E-state index is 12.3. The SMILES string of the molecule is O=C(Cc1cnn(-c2ccccc2)c1)Nc1cnc2ccccc2c1. The Labute approximate surface area is 144 Å². The normalized spacial score (nSPS) is 10.7. The first-order chi connectivity index (χ1) is 12.3. The van der Waals surface area contributed by atoms with Crippen LogP contribution in [0.1, 0.15) is 5.56 Å². The van der Waals surface area contributed by atoms with Gasteiger partial charge in [-0.2, -0.15) is 5.10 Å². The molecule has 0 saturated heterocycles. The lowest BCUT2D eigenvalue weighted by atomic mass is 10.2. The summed E-state index contributed by atoms with van der Waals surface area (Å²) < 4.78 is 1.76. The highest BCUT2D eigenvalue weighted by atomic mass is 16.1. The summed E-state index contributed by atoms with van der Waals surface area (Å²) in [6.45, 7) is 0. The Morgan fingerprint density at radius 1 is 1.00 bits per heavy atom. The van der Waals surface area contributed by atoms with Crippen LogP contribution < -0.4 is 5.32 Å². The molecule has 122 valence electrons. The monoisotopic (exact) mass is 328 g/mol. The molecular formula is C20H16N4O. The number of benzene rings is 2. The minimum atomic E-state index is -0.0929. The van der Waals surface area contributed by atoms with Crippen molar-refractivity contribution in [1.82, 2.24) is 14.8 Å². The molecule has 0 fully saturated rings. The number of amides is 1. The third-order valence-corrected chi connectivity index (χ3v) is 3.90. The van der Waals surface area contributed by atoms with E-state index in [9.17, 15) is 4.79 Å². The number of carbonyl (C=O) groups is 1. The van der Waals surface area contributed by atoms with Crippen molar-refractivity contribution in [1.29, 1.82) is 0 Å². The fourth-order valence-electron chi connectivity index (χ4n) is 2.70. The van der Waals surface area contributed by atoms with E-state index >= 15 is 0 Å². The molecule has 0 aliphatic heterocycles. The van der Waals surface area contributed by atoms with Gasteiger partial charge in [0.15, 0.2) is 0 Å². The number of nitrogens with one attached hydrogen (secondary N) is 1. The Balaban J connectivity index is 1.46. The highest BCUT2D eigenvalue weighted by Crippen LogP contribution is 2.16. The van der Waals surface area contributed by atoms with Gasteiger partial charge in [-0.25, -0.2) is 4.68 Å². The highest BCUT2D eigenvalue weighted by Gasteiger charge is 2.08. The zero-order valence-corrected chi connectivity index (χ0v) is 13.5. The van der Waals surface area contributed by atoms with Gasteiger partial charge in [0.05, 0.1) is 35.7 Å². The van der Waals surface area contributed by atoms with Crippen LogP contribution in [0, 0.1) is 0 Å². The van der Waals surface area contributed by atoms with E-state index in [-0.39, 0.29) is 12.3 Å². The maximum Gasteiger partial charge on any atom is 0.228 e. The number of rotatable bonds is 4. The Bertz CT molecular complexity index is 1020. The molecule has 0 unspecified atom stereocenters. The van der Waals surface area contributed by atoms with Crippen LogP contribution in [0.25, 0.3) is 16.6 Å². The van der Waals surface area contributed by atoms with E-state index in [2.05, 4.69) is 15.4 Å². The Hall–Kier alpha value is -3.47. The van der Waals surface area contributed by atoms with Gasteiger partial charge in [-0.05, 0) is 29.8 Å². The van der Waals surface area contributed by atoms with Gasteiger partial charge in [0.25, 0.3) is 0 Å². The highest BCUT2D eigenvalue weighted by molar-refractivity contribution is 5.94. The summed E-state index contributed by atoms with van der Waals surface area (Å²) in [5.74, 6) is -0.0929. The van der Waals surface area contributed by atoms with Crippen LogP contribution in [-0.2, 0) is 11.2 Å². The molecule has 4 aromatic rings. The van der Waals surface area contributed by atoms with Crippen molar-refractivity contribution in [3.63, 3.8) is 0 Å². The van der Waals surface area contributed by atoms with Gasteiger partial charge in [0.1, 0.15) is 0 Å². The number of nitrogens with zero attached hydrogens (tertiary/aromatic N) is 3. The minimum absolute atomic E-state index is 0.0929. The molecule has 2 aromatic carbocycles. The molecule has 5 heteroatoms. The van der Waals surface area contributed by atoms with Gasteiger partial charge in [-0.1, -0.05) is 36.4 Å². The van der Waals surface area contributed by atoms with Crippen LogP contribution in [0.4, 0.5) is 5.69 Å². The average Bonchev–Trinajstić information content (AvgIpc) is 3.10. The van der Waals surface area contributed by atoms with Gasteiger partial charge < -0.3 is 5.32 Å². The molecule has 5 nitrogen and oxygen atoms in total. The number of carbonyl (C=O) groups excluding carboxylic acids is 1. The van der Waals surface area contributed by atoms with Crippen molar-refractivity contribution in [2.45, 2.75) is 6.42 Å². The number of fused-ring (bicyclic) bond motifs is 1. The molecule has 25 heavy (non-hydrogen) atoms. The van der Waals surface area contributed by atoms with E-state index in [1.165, 1.54) is 0 Å². The second-order valence-corrected chi connectivity index (χ2v) is 5.77. The van der Waals surface area contributed by atoms with Crippen molar-refractivity contribution in [3.05, 3.63) is 84.8 Å². The molecule has 0 bridgehead atoms. The lowest BCUT2D eigenvalue weighted by Crippen LogP contribution is -2.14. The van der Waals surface area contributed by atoms with Crippen LogP contribution >= 0.6 is 0 Å². The molecule has 0 saturated carbocycles.